The van der Waals surface area contributed by atoms with Gasteiger partial charge in [-0.25, -0.2) is 9.59 Å². The number of methoxy groups -OCH3 is 1. The predicted molar refractivity (Wildman–Crippen MR) is 102 cm³/mol. The van der Waals surface area contributed by atoms with Gasteiger partial charge in [0.2, 0.25) is 0 Å². The van der Waals surface area contributed by atoms with Gasteiger partial charge >= 0.3 is 11.9 Å². The Balaban J connectivity index is 2.78. The number of carbonyl (C=O) groups is 2. The first-order valence-electron chi connectivity index (χ1n) is 12.5. The third kappa shape index (κ3) is 4.21. The molecule has 0 amide bonds. The molecule has 0 saturated carbocycles. The number of benzene rings is 1. The zero-order valence-corrected chi connectivity index (χ0v) is 15.3. The molecule has 0 spiro atoms. The molecule has 28 heavy (non-hydrogen) atoms. The summed E-state index contributed by atoms with van der Waals surface area (Å²) in [5, 5.41) is 14.5. The average molecular weight is 397 g/mol. The minimum absolute atomic E-state index is 0.0487. The molecule has 1 aromatic carbocycles. The van der Waals surface area contributed by atoms with Crippen LogP contribution in [-0.4, -0.2) is 30.5 Å². The maximum Gasteiger partial charge on any atom is 0.336 e. The maximum atomic E-state index is 13.4. The number of hydrogen-bond acceptors (Lipinski definition) is 7. The van der Waals surface area contributed by atoms with Crippen molar-refractivity contribution < 1.29 is 36.3 Å². The van der Waals surface area contributed by atoms with Gasteiger partial charge in [0.25, 0.3) is 5.69 Å². The highest BCUT2D eigenvalue weighted by Crippen LogP contribution is 2.42. The molecule has 0 fully saturated rings. The van der Waals surface area contributed by atoms with Gasteiger partial charge in [-0.1, -0.05) is 31.9 Å². The van der Waals surface area contributed by atoms with Gasteiger partial charge in [0, 0.05) is 32.6 Å². The summed E-state index contributed by atoms with van der Waals surface area (Å²) in [4.78, 5) is 37.1. The lowest BCUT2D eigenvalue weighted by molar-refractivity contribution is -0.385. The molecule has 1 aliphatic heterocycles. The Labute approximate surface area is 176 Å². The number of rotatable bonds is 6. The molecule has 1 aliphatic rings. The molecule has 0 bridgehead atoms. The second kappa shape index (κ2) is 8.69. The van der Waals surface area contributed by atoms with Crippen molar-refractivity contribution in [2.24, 2.45) is 5.89 Å². The van der Waals surface area contributed by atoms with Crippen LogP contribution in [0.25, 0.3) is 0 Å². The Hall–Kier alpha value is -3.16. The quantitative estimate of drug-likeness (QED) is 0.446. The number of allylic oxidation sites excluding steroid dienone is 2. The minimum atomic E-state index is -3.91. The van der Waals surface area contributed by atoms with Crippen molar-refractivity contribution in [2.45, 2.75) is 33.5 Å². The molecule has 8 heteroatoms. The molecule has 1 heterocycles. The summed E-state index contributed by atoms with van der Waals surface area (Å²) >= 11 is 0. The van der Waals surface area contributed by atoms with E-state index < -0.39 is 60.2 Å². The molecule has 0 aromatic heterocycles. The smallest absolute Gasteiger partial charge is 0.336 e. The molecule has 1 N–H and O–H groups in total. The molecule has 8 nitrogen and oxygen atoms in total. The molecule has 1 aromatic rings. The van der Waals surface area contributed by atoms with Crippen LogP contribution in [0.2, 0.25) is 0 Å². The van der Waals surface area contributed by atoms with Gasteiger partial charge in [0.15, 0.2) is 0 Å². The van der Waals surface area contributed by atoms with Gasteiger partial charge in [-0.05, 0) is 19.7 Å². The molecular weight excluding hydrogens is 364 g/mol. The van der Waals surface area contributed by atoms with Crippen LogP contribution in [0.3, 0.4) is 0 Å². The zero-order chi connectivity index (χ0) is 28.7. The summed E-state index contributed by atoms with van der Waals surface area (Å²) in [7, 11) is 1.03. The maximum absolute atomic E-state index is 13.4. The molecule has 1 unspecified atom stereocenters. The third-order valence-electron chi connectivity index (χ3n) is 4.08. The van der Waals surface area contributed by atoms with E-state index in [4.69, 9.17) is 21.8 Å². The molecule has 1 atom stereocenters. The van der Waals surface area contributed by atoms with E-state index in [1.165, 1.54) is 32.0 Å². The topological polar surface area (TPSA) is 108 Å². The first-order valence-corrected chi connectivity index (χ1v) is 7.96. The monoisotopic (exact) mass is 397 g/mol. The molecule has 2 rings (SSSR count). The van der Waals surface area contributed by atoms with Gasteiger partial charge in [-0.3, -0.25) is 10.1 Å². The van der Waals surface area contributed by atoms with Crippen molar-refractivity contribution in [3.8, 4) is 0 Å². The lowest BCUT2D eigenvalue weighted by atomic mass is 9.79. The first-order chi connectivity index (χ1) is 16.7. The van der Waals surface area contributed by atoms with Crippen LogP contribution in [0.5, 0.6) is 0 Å². The average Bonchev–Trinajstić information content (AvgIpc) is 2.75. The molecular formula is C20H24N2O6. The fourth-order valence-corrected chi connectivity index (χ4v) is 3.01. The molecule has 150 valence electrons. The number of carbonyl (C=O) groups excluding carboxylic acids is 2. The van der Waals surface area contributed by atoms with E-state index in [9.17, 15) is 19.7 Å². The number of nitrogens with one attached hydrogen (secondary N) is 1. The van der Waals surface area contributed by atoms with Gasteiger partial charge in [0.05, 0.1) is 38.4 Å². The van der Waals surface area contributed by atoms with E-state index in [1.807, 2.05) is 0 Å². The summed E-state index contributed by atoms with van der Waals surface area (Å²) < 4.78 is 78.7. The van der Waals surface area contributed by atoms with E-state index in [0.717, 1.165) is 13.2 Å². The largest absolute Gasteiger partial charge is 0.466 e. The van der Waals surface area contributed by atoms with E-state index in [2.05, 4.69) is 5.32 Å². The highest BCUT2D eigenvalue weighted by Gasteiger charge is 2.40. The Morgan fingerprint density at radius 2 is 1.89 bits per heavy atom. The molecule has 0 radical (unpaired) electrons. The number of nitro groups is 1. The number of para-hydroxylation sites is 1. The van der Waals surface area contributed by atoms with Crippen LogP contribution in [0.4, 0.5) is 5.69 Å². The Bertz CT molecular complexity index is 1170. The third-order valence-corrected chi connectivity index (χ3v) is 4.08. The number of dihydropyridines is 1. The number of nitro benzene ring substituents is 1. The Morgan fingerprint density at radius 3 is 2.46 bits per heavy atom. The van der Waals surface area contributed by atoms with Crippen LogP contribution < -0.4 is 5.32 Å². The van der Waals surface area contributed by atoms with Crippen molar-refractivity contribution in [3.05, 3.63) is 62.5 Å². The van der Waals surface area contributed by atoms with Crippen molar-refractivity contribution in [1.29, 1.82) is 0 Å². The summed E-state index contributed by atoms with van der Waals surface area (Å²) in [5.41, 5.74) is -1.41. The predicted octanol–water partition coefficient (Wildman–Crippen LogP) is 3.20. The zero-order valence-electron chi connectivity index (χ0n) is 24.3. The summed E-state index contributed by atoms with van der Waals surface area (Å²) in [6.07, 6.45) is 0. The number of ether oxygens (including phenoxy) is 2. The summed E-state index contributed by atoms with van der Waals surface area (Å²) in [6, 6.07) is 5.09. The number of esters is 2. The van der Waals surface area contributed by atoms with Gasteiger partial charge in [0.1, 0.15) is 0 Å². The van der Waals surface area contributed by atoms with E-state index in [1.54, 1.807) is 0 Å². The standard InChI is InChI=1S/C20H24N2O6/c1-11(2)10-28-20(24)17-13(4)21-12(3)16(19(23)27-5)18(17)14-8-6-7-9-15(14)22(25)26/h6-9,11,18,21H,10H2,1-5H3/i1D3,2D3,10D2,11D. The number of nitrogens with zero attached hydrogens (tertiary/aromatic N) is 1. The van der Waals surface area contributed by atoms with Crippen LogP contribution in [-0.2, 0) is 19.1 Å². The van der Waals surface area contributed by atoms with Crippen LogP contribution in [0, 0.1) is 16.0 Å². The van der Waals surface area contributed by atoms with E-state index in [-0.39, 0.29) is 22.5 Å². The van der Waals surface area contributed by atoms with Crippen molar-refractivity contribution >= 4 is 17.6 Å². The SMILES string of the molecule is [2H]C([2H])([2H])C([2H])(C([2H])([2H])[2H])C([2H])([2H])OC(=O)C1=C(C)NC(C)=C(C(=O)OC)C1c1ccccc1[N+](=O)[O-]. The Morgan fingerprint density at radius 1 is 1.29 bits per heavy atom. The molecule has 0 saturated heterocycles. The van der Waals surface area contributed by atoms with Crippen LogP contribution in [0.15, 0.2) is 46.8 Å². The van der Waals surface area contributed by atoms with Gasteiger partial charge in [-0.15, -0.1) is 0 Å². The van der Waals surface area contributed by atoms with E-state index >= 15 is 0 Å². The molecule has 0 aliphatic carbocycles. The highest BCUT2D eigenvalue weighted by molar-refractivity contribution is 6.00. The fraction of sp³-hybridized carbons (Fsp3) is 0.400. The second-order valence-corrected chi connectivity index (χ2v) is 5.81. The summed E-state index contributed by atoms with van der Waals surface area (Å²) in [5.74, 6) is -8.10. The van der Waals surface area contributed by atoms with Gasteiger partial charge in [-0.2, -0.15) is 0 Å². The van der Waals surface area contributed by atoms with Crippen molar-refractivity contribution in [3.63, 3.8) is 0 Å². The fourth-order valence-electron chi connectivity index (χ4n) is 3.01. The minimum Gasteiger partial charge on any atom is -0.466 e. The summed E-state index contributed by atoms with van der Waals surface area (Å²) in [6.45, 7) is -8.73. The lowest BCUT2D eigenvalue weighted by Gasteiger charge is -2.30. The van der Waals surface area contributed by atoms with Crippen molar-refractivity contribution in [2.75, 3.05) is 13.7 Å². The highest BCUT2D eigenvalue weighted by atomic mass is 16.6. The second-order valence-electron chi connectivity index (χ2n) is 5.81. The van der Waals surface area contributed by atoms with Gasteiger partial charge < -0.3 is 14.8 Å². The van der Waals surface area contributed by atoms with E-state index in [0.29, 0.717) is 0 Å². The normalized spacial score (nSPS) is 23.2. The van der Waals surface area contributed by atoms with Crippen LogP contribution in [0.1, 0.15) is 51.4 Å². The Kier molecular flexibility index (Phi) is 3.61. The number of hydrogen-bond donors (Lipinski definition) is 1. The lowest BCUT2D eigenvalue weighted by Crippen LogP contribution is -2.32. The first kappa shape index (κ1) is 11.6. The van der Waals surface area contributed by atoms with Crippen molar-refractivity contribution in [1.82, 2.24) is 5.32 Å². The van der Waals surface area contributed by atoms with Crippen LogP contribution >= 0.6 is 0 Å².